The van der Waals surface area contributed by atoms with Gasteiger partial charge in [-0.25, -0.2) is 0 Å². The lowest BCUT2D eigenvalue weighted by Gasteiger charge is -2.25. The third kappa shape index (κ3) is 4.03. The number of carboxylic acids is 1. The van der Waals surface area contributed by atoms with Crippen LogP contribution in [0.1, 0.15) is 24.8 Å². The number of rotatable bonds is 6. The van der Waals surface area contributed by atoms with Crippen molar-refractivity contribution in [1.82, 2.24) is 0 Å². The van der Waals surface area contributed by atoms with Crippen LogP contribution in [0.2, 0.25) is 0 Å². The van der Waals surface area contributed by atoms with Crippen molar-refractivity contribution in [3.8, 4) is 5.75 Å². The first kappa shape index (κ1) is 15.4. The van der Waals surface area contributed by atoms with E-state index in [0.717, 1.165) is 36.4 Å². The number of anilines is 1. The predicted octanol–water partition coefficient (Wildman–Crippen LogP) is 3.71. The topological polar surface area (TPSA) is 49.8 Å². The quantitative estimate of drug-likeness (QED) is 0.883. The van der Waals surface area contributed by atoms with Gasteiger partial charge in [0.25, 0.3) is 0 Å². The van der Waals surface area contributed by atoms with Crippen LogP contribution in [0.15, 0.2) is 54.6 Å². The van der Waals surface area contributed by atoms with Crippen molar-refractivity contribution >= 4 is 11.7 Å². The normalized spacial score (nSPS) is 17.2. The van der Waals surface area contributed by atoms with E-state index in [2.05, 4.69) is 4.90 Å². The molecule has 2 aromatic rings. The first-order valence-corrected chi connectivity index (χ1v) is 7.97. The fraction of sp³-hybridized carbons (Fsp3) is 0.316. The van der Waals surface area contributed by atoms with Gasteiger partial charge in [-0.05, 0) is 42.7 Å². The highest BCUT2D eigenvalue weighted by molar-refractivity contribution is 5.69. The average Bonchev–Trinajstić information content (AvgIpc) is 3.02. The van der Waals surface area contributed by atoms with Crippen molar-refractivity contribution in [2.24, 2.45) is 0 Å². The fourth-order valence-electron chi connectivity index (χ4n) is 3.06. The summed E-state index contributed by atoms with van der Waals surface area (Å²) in [6.07, 6.45) is 2.19. The Morgan fingerprint density at radius 1 is 1.13 bits per heavy atom. The van der Waals surface area contributed by atoms with Crippen LogP contribution in [0, 0.1) is 0 Å². The van der Waals surface area contributed by atoms with Gasteiger partial charge in [0.15, 0.2) is 0 Å². The van der Waals surface area contributed by atoms with Crippen molar-refractivity contribution in [3.63, 3.8) is 0 Å². The summed E-state index contributed by atoms with van der Waals surface area (Å²) in [5.41, 5.74) is 2.21. The number of carboxylic acid groups (broad SMARTS) is 1. The van der Waals surface area contributed by atoms with E-state index in [1.54, 1.807) is 0 Å². The van der Waals surface area contributed by atoms with Gasteiger partial charge in [0.1, 0.15) is 12.4 Å². The maximum Gasteiger partial charge on any atom is 0.305 e. The Balaban J connectivity index is 1.61. The molecule has 1 aliphatic rings. The molecule has 1 fully saturated rings. The van der Waals surface area contributed by atoms with Crippen LogP contribution >= 0.6 is 0 Å². The van der Waals surface area contributed by atoms with Crippen LogP contribution in [0.4, 0.5) is 5.69 Å². The molecule has 0 unspecified atom stereocenters. The highest BCUT2D eigenvalue weighted by Gasteiger charge is 2.26. The molecule has 1 heterocycles. The molecule has 4 heteroatoms. The molecule has 0 amide bonds. The van der Waals surface area contributed by atoms with Gasteiger partial charge in [-0.1, -0.05) is 30.3 Å². The van der Waals surface area contributed by atoms with Gasteiger partial charge >= 0.3 is 5.97 Å². The lowest BCUT2D eigenvalue weighted by molar-refractivity contribution is -0.137. The largest absolute Gasteiger partial charge is 0.489 e. The van der Waals surface area contributed by atoms with E-state index in [1.807, 2.05) is 54.6 Å². The Hall–Kier alpha value is -2.49. The number of ether oxygens (including phenoxy) is 1. The summed E-state index contributed by atoms with van der Waals surface area (Å²) in [5, 5.41) is 9.01. The number of aliphatic carboxylic acids is 1. The van der Waals surface area contributed by atoms with Crippen LogP contribution in [-0.4, -0.2) is 23.7 Å². The van der Waals surface area contributed by atoms with Gasteiger partial charge in [0.05, 0.1) is 6.42 Å². The number of hydrogen-bond donors (Lipinski definition) is 1. The van der Waals surface area contributed by atoms with Crippen LogP contribution in [0.25, 0.3) is 0 Å². The molecule has 0 radical (unpaired) electrons. The molecule has 120 valence electrons. The molecule has 2 aromatic carbocycles. The van der Waals surface area contributed by atoms with Crippen LogP contribution < -0.4 is 9.64 Å². The summed E-state index contributed by atoms with van der Waals surface area (Å²) in [6, 6.07) is 18.1. The molecule has 0 saturated carbocycles. The molecule has 0 bridgehead atoms. The first-order valence-electron chi connectivity index (χ1n) is 7.97. The Kier molecular flexibility index (Phi) is 4.81. The molecule has 1 N–H and O–H groups in total. The molecular weight excluding hydrogens is 290 g/mol. The summed E-state index contributed by atoms with van der Waals surface area (Å²) >= 11 is 0. The molecule has 0 aliphatic carbocycles. The molecule has 4 nitrogen and oxygen atoms in total. The second-order valence-electron chi connectivity index (χ2n) is 5.86. The predicted molar refractivity (Wildman–Crippen MR) is 89.8 cm³/mol. The number of carbonyl (C=O) groups is 1. The van der Waals surface area contributed by atoms with E-state index < -0.39 is 5.97 Å². The smallest absolute Gasteiger partial charge is 0.305 e. The molecule has 0 spiro atoms. The lowest BCUT2D eigenvalue weighted by Crippen LogP contribution is -2.31. The molecule has 0 aromatic heterocycles. The maximum absolute atomic E-state index is 11.0. The van der Waals surface area contributed by atoms with E-state index in [0.29, 0.717) is 6.61 Å². The van der Waals surface area contributed by atoms with Crippen molar-refractivity contribution < 1.29 is 14.6 Å². The van der Waals surface area contributed by atoms with E-state index in [1.165, 1.54) is 0 Å². The van der Waals surface area contributed by atoms with E-state index >= 15 is 0 Å². The maximum atomic E-state index is 11.0. The Labute approximate surface area is 136 Å². The Bertz CT molecular complexity index is 639. The standard InChI is InChI=1S/C19H21NO3/c21-19(22)13-17-7-4-12-20(17)16-8-10-18(11-9-16)23-14-15-5-2-1-3-6-15/h1-3,5-6,8-11,17H,4,7,12-14H2,(H,21,22)/t17-/m0/s1. The van der Waals surface area contributed by atoms with Gasteiger partial charge in [0.2, 0.25) is 0 Å². The summed E-state index contributed by atoms with van der Waals surface area (Å²) in [4.78, 5) is 13.1. The van der Waals surface area contributed by atoms with E-state index in [-0.39, 0.29) is 12.5 Å². The monoisotopic (exact) mass is 311 g/mol. The molecule has 23 heavy (non-hydrogen) atoms. The van der Waals surface area contributed by atoms with Crippen molar-refractivity contribution in [2.45, 2.75) is 31.9 Å². The molecule has 1 atom stereocenters. The second kappa shape index (κ2) is 7.18. The Morgan fingerprint density at radius 2 is 1.87 bits per heavy atom. The summed E-state index contributed by atoms with van der Waals surface area (Å²) < 4.78 is 5.79. The zero-order valence-corrected chi connectivity index (χ0v) is 13.0. The average molecular weight is 311 g/mol. The third-order valence-electron chi connectivity index (χ3n) is 4.20. The minimum absolute atomic E-state index is 0.101. The van der Waals surface area contributed by atoms with E-state index in [9.17, 15) is 4.79 Å². The molecule has 1 aliphatic heterocycles. The zero-order chi connectivity index (χ0) is 16.1. The van der Waals surface area contributed by atoms with Crippen molar-refractivity contribution in [2.75, 3.05) is 11.4 Å². The zero-order valence-electron chi connectivity index (χ0n) is 13.0. The second-order valence-corrected chi connectivity index (χ2v) is 5.86. The van der Waals surface area contributed by atoms with Gasteiger partial charge in [0, 0.05) is 18.3 Å². The number of hydrogen-bond acceptors (Lipinski definition) is 3. The SMILES string of the molecule is O=C(O)C[C@@H]1CCCN1c1ccc(OCc2ccccc2)cc1. The van der Waals surface area contributed by atoms with Crippen LogP contribution in [-0.2, 0) is 11.4 Å². The summed E-state index contributed by atoms with van der Waals surface area (Å²) in [7, 11) is 0. The van der Waals surface area contributed by atoms with Crippen molar-refractivity contribution in [1.29, 1.82) is 0 Å². The highest BCUT2D eigenvalue weighted by Crippen LogP contribution is 2.29. The minimum Gasteiger partial charge on any atom is -0.489 e. The van der Waals surface area contributed by atoms with Gasteiger partial charge in [-0.2, -0.15) is 0 Å². The number of benzene rings is 2. The summed E-state index contributed by atoms with van der Waals surface area (Å²) in [5.74, 6) is 0.0938. The van der Waals surface area contributed by atoms with Crippen LogP contribution in [0.3, 0.4) is 0 Å². The van der Waals surface area contributed by atoms with Crippen LogP contribution in [0.5, 0.6) is 5.75 Å². The third-order valence-corrected chi connectivity index (χ3v) is 4.20. The van der Waals surface area contributed by atoms with Gasteiger partial charge in [-0.3, -0.25) is 4.79 Å². The highest BCUT2D eigenvalue weighted by atomic mass is 16.5. The van der Waals surface area contributed by atoms with Gasteiger partial charge < -0.3 is 14.7 Å². The molecule has 1 saturated heterocycles. The number of nitrogens with zero attached hydrogens (tertiary/aromatic N) is 1. The fourth-order valence-corrected chi connectivity index (χ4v) is 3.06. The van der Waals surface area contributed by atoms with E-state index in [4.69, 9.17) is 9.84 Å². The molecular formula is C19H21NO3. The summed E-state index contributed by atoms with van der Waals surface area (Å²) in [6.45, 7) is 1.47. The Morgan fingerprint density at radius 3 is 2.57 bits per heavy atom. The lowest BCUT2D eigenvalue weighted by atomic mass is 10.1. The van der Waals surface area contributed by atoms with Gasteiger partial charge in [-0.15, -0.1) is 0 Å². The molecule has 3 rings (SSSR count). The first-order chi connectivity index (χ1) is 11.2. The van der Waals surface area contributed by atoms with Crippen molar-refractivity contribution in [3.05, 3.63) is 60.2 Å². The minimum atomic E-state index is -0.732.